The molecule has 0 aliphatic heterocycles. The number of likely N-dealkylation sites (N-methyl/N-ethyl adjacent to an activating group) is 1. The number of nitrogens with zero attached hydrogens (tertiary/aromatic N) is 1. The van der Waals surface area contributed by atoms with Crippen molar-refractivity contribution in [2.24, 2.45) is 0 Å². The summed E-state index contributed by atoms with van der Waals surface area (Å²) in [6.45, 7) is 4.50. The number of hydrogen-bond acceptors (Lipinski definition) is 6. The molecule has 0 aromatic rings. The van der Waals surface area contributed by atoms with Crippen molar-refractivity contribution < 1.29 is 32.9 Å². The highest BCUT2D eigenvalue weighted by molar-refractivity contribution is 7.45. The lowest BCUT2D eigenvalue weighted by molar-refractivity contribution is -0.870. The Hall–Kier alpha value is -3.62. The molecule has 77 heavy (non-hydrogen) atoms. The minimum absolute atomic E-state index is 0.0155. The summed E-state index contributed by atoms with van der Waals surface area (Å²) in [6, 6.07) is -0.916. The van der Waals surface area contributed by atoms with Crippen LogP contribution in [0.3, 0.4) is 0 Å². The Kier molecular flexibility index (Phi) is 54.4. The van der Waals surface area contributed by atoms with E-state index in [1.54, 1.807) is 6.08 Å². The molecular weight excluding hydrogens is 972 g/mol. The zero-order valence-corrected chi connectivity index (χ0v) is 50.7. The number of aliphatic hydroxyl groups excluding tert-OH is 1. The number of carbonyl (C=O) groups is 1. The van der Waals surface area contributed by atoms with E-state index in [1.807, 2.05) is 27.2 Å². The Morgan fingerprint density at radius 1 is 0.468 bits per heavy atom. The summed E-state index contributed by atoms with van der Waals surface area (Å²) in [7, 11) is 1.22. The second-order valence-electron chi connectivity index (χ2n) is 21.3. The van der Waals surface area contributed by atoms with Gasteiger partial charge in [0, 0.05) is 6.42 Å². The molecule has 2 N–H and O–H groups in total. The first-order valence-electron chi connectivity index (χ1n) is 30.7. The Morgan fingerprint density at radius 2 is 0.792 bits per heavy atom. The quantitative estimate of drug-likeness (QED) is 0.0272. The van der Waals surface area contributed by atoms with E-state index in [9.17, 15) is 19.4 Å². The van der Waals surface area contributed by atoms with Crippen LogP contribution in [0.5, 0.6) is 0 Å². The van der Waals surface area contributed by atoms with Crippen LogP contribution in [0.4, 0.5) is 0 Å². The predicted octanol–water partition coefficient (Wildman–Crippen LogP) is 18.6. The number of phosphoric ester groups is 1. The molecule has 0 aliphatic rings. The Labute approximate surface area is 474 Å². The number of rotatable bonds is 54. The van der Waals surface area contributed by atoms with Crippen molar-refractivity contribution in [3.05, 3.63) is 146 Å². The first kappa shape index (κ1) is 73.4. The topological polar surface area (TPSA) is 108 Å². The van der Waals surface area contributed by atoms with Crippen LogP contribution in [0.2, 0.25) is 0 Å². The molecule has 0 rings (SSSR count). The number of quaternary nitrogens is 1. The lowest BCUT2D eigenvalue weighted by Gasteiger charge is -2.29. The summed E-state index contributed by atoms with van der Waals surface area (Å²) in [5.41, 5.74) is 0. The van der Waals surface area contributed by atoms with Crippen LogP contribution in [0.15, 0.2) is 146 Å². The summed E-state index contributed by atoms with van der Waals surface area (Å²) in [5, 5.41) is 13.9. The van der Waals surface area contributed by atoms with Gasteiger partial charge in [-0.3, -0.25) is 9.36 Å². The number of amides is 1. The maximum atomic E-state index is 13.0. The zero-order chi connectivity index (χ0) is 56.3. The number of carbonyl (C=O) groups excluding carboxylic acids is 1. The van der Waals surface area contributed by atoms with Crippen LogP contribution in [0.1, 0.15) is 226 Å². The van der Waals surface area contributed by atoms with Crippen molar-refractivity contribution in [1.82, 2.24) is 5.32 Å². The van der Waals surface area contributed by atoms with Crippen molar-refractivity contribution in [3.63, 3.8) is 0 Å². The highest BCUT2D eigenvalue weighted by Crippen LogP contribution is 2.38. The molecule has 0 aromatic heterocycles. The van der Waals surface area contributed by atoms with Gasteiger partial charge in [0.05, 0.1) is 39.9 Å². The average Bonchev–Trinajstić information content (AvgIpc) is 3.39. The Balaban J connectivity index is 4.28. The van der Waals surface area contributed by atoms with E-state index < -0.39 is 26.6 Å². The van der Waals surface area contributed by atoms with Gasteiger partial charge >= 0.3 is 0 Å². The minimum atomic E-state index is -4.62. The molecule has 0 saturated heterocycles. The largest absolute Gasteiger partial charge is 0.756 e. The summed E-state index contributed by atoms with van der Waals surface area (Å²) >= 11 is 0. The van der Waals surface area contributed by atoms with Crippen LogP contribution < -0.4 is 10.2 Å². The van der Waals surface area contributed by atoms with Crippen molar-refractivity contribution in [2.75, 3.05) is 40.9 Å². The van der Waals surface area contributed by atoms with E-state index in [0.29, 0.717) is 23.9 Å². The van der Waals surface area contributed by atoms with Crippen molar-refractivity contribution >= 4 is 13.7 Å². The SMILES string of the molecule is CC/C=C\C/C=C\C/C=C\C/C=C\C/C=C\C/C=C\C/C=C\C/C=C\C/C=C\C/C=C\C/C=C\CCCCCC(=O)NC(COP(=O)([O-])OCC[N+](C)(C)C)C(O)/C=C/CCCCCCCCCCCCCCCCCC. The van der Waals surface area contributed by atoms with Gasteiger partial charge < -0.3 is 28.8 Å². The number of nitrogens with one attached hydrogen (secondary N) is 1. The lowest BCUT2D eigenvalue weighted by atomic mass is 10.0. The summed E-state index contributed by atoms with van der Waals surface area (Å²) < 4.78 is 23.3. The van der Waals surface area contributed by atoms with Crippen LogP contribution in [0.25, 0.3) is 0 Å². The van der Waals surface area contributed by atoms with Gasteiger partial charge in [0.25, 0.3) is 7.82 Å². The molecule has 0 saturated carbocycles. The van der Waals surface area contributed by atoms with Gasteiger partial charge in [-0.2, -0.15) is 0 Å². The maximum absolute atomic E-state index is 13.0. The molecule has 0 aliphatic carbocycles. The normalized spacial score (nSPS) is 14.8. The fraction of sp³-hybridized carbons (Fsp3) is 0.632. The second kappa shape index (κ2) is 57.1. The molecule has 0 bridgehead atoms. The molecule has 0 heterocycles. The van der Waals surface area contributed by atoms with E-state index in [2.05, 4.69) is 153 Å². The molecule has 1 amide bonds. The zero-order valence-electron chi connectivity index (χ0n) is 49.8. The van der Waals surface area contributed by atoms with Crippen LogP contribution in [-0.2, 0) is 18.4 Å². The van der Waals surface area contributed by atoms with E-state index in [4.69, 9.17) is 9.05 Å². The molecule has 0 fully saturated rings. The molecular formula is C68H115N2O6P. The monoisotopic (exact) mass is 1090 g/mol. The molecule has 0 aromatic carbocycles. The first-order chi connectivity index (χ1) is 37.5. The molecule has 3 unspecified atom stereocenters. The third-order valence-corrected chi connectivity index (χ3v) is 13.8. The van der Waals surface area contributed by atoms with Crippen molar-refractivity contribution in [3.8, 4) is 0 Å². The standard InChI is InChI=1S/C68H115N2O6P/c1-6-8-10-12-14-16-18-20-22-24-26-27-28-29-30-31-32-33-34-35-36-37-38-39-40-41-42-43-44-46-48-50-52-54-56-58-60-62-68(72)69-66(65-76-77(73,74)75-64-63-70(3,4)5)67(71)61-59-57-55-53-51-49-47-45-25-23-21-19-17-15-13-11-9-7-2/h8,10,14,16,20,22,26-27,29-30,32-33,35-36,38-39,41-42,44,46,50,52,59,61,66-67,71H,6-7,9,11-13,15,17-19,21,23-25,28,31,34,37,40,43,45,47-49,51,53-58,60,62-65H2,1-5H3,(H-,69,72,73,74)/b10-8-,16-14-,22-20-,27-26-,30-29-,33-32-,36-35-,39-38-,42-41-,46-44-,52-50-,61-59+. The molecule has 0 radical (unpaired) electrons. The molecule has 9 heteroatoms. The summed E-state index contributed by atoms with van der Waals surface area (Å²) in [4.78, 5) is 25.5. The van der Waals surface area contributed by atoms with E-state index >= 15 is 0 Å². The highest BCUT2D eigenvalue weighted by atomic mass is 31.2. The van der Waals surface area contributed by atoms with Gasteiger partial charge in [0.15, 0.2) is 0 Å². The van der Waals surface area contributed by atoms with Crippen LogP contribution in [0, 0.1) is 0 Å². The van der Waals surface area contributed by atoms with Gasteiger partial charge in [-0.15, -0.1) is 0 Å². The smallest absolute Gasteiger partial charge is 0.268 e. The van der Waals surface area contributed by atoms with Gasteiger partial charge in [-0.1, -0.05) is 262 Å². The summed E-state index contributed by atoms with van der Waals surface area (Å²) in [5.74, 6) is -0.234. The maximum Gasteiger partial charge on any atom is 0.268 e. The van der Waals surface area contributed by atoms with Gasteiger partial charge in [-0.25, -0.2) is 0 Å². The molecule has 438 valence electrons. The number of aliphatic hydroxyl groups is 1. The third-order valence-electron chi connectivity index (χ3n) is 12.8. The van der Waals surface area contributed by atoms with Crippen LogP contribution in [-0.4, -0.2) is 68.5 Å². The fourth-order valence-electron chi connectivity index (χ4n) is 8.04. The highest BCUT2D eigenvalue weighted by Gasteiger charge is 2.23. The second-order valence-corrected chi connectivity index (χ2v) is 22.7. The number of phosphoric acid groups is 1. The van der Waals surface area contributed by atoms with Crippen molar-refractivity contribution in [1.29, 1.82) is 0 Å². The predicted molar refractivity (Wildman–Crippen MR) is 334 cm³/mol. The van der Waals surface area contributed by atoms with Gasteiger partial charge in [0.1, 0.15) is 13.2 Å². The fourth-order valence-corrected chi connectivity index (χ4v) is 8.76. The molecule has 0 spiro atoms. The Bertz CT molecular complexity index is 1760. The number of unbranched alkanes of at least 4 members (excludes halogenated alkanes) is 19. The van der Waals surface area contributed by atoms with Crippen molar-refractivity contribution in [2.45, 2.75) is 238 Å². The average molecular weight is 1090 g/mol. The van der Waals surface area contributed by atoms with Crippen LogP contribution >= 0.6 is 7.82 Å². The van der Waals surface area contributed by atoms with E-state index in [1.165, 1.54) is 89.9 Å². The van der Waals surface area contributed by atoms with Gasteiger partial charge in [-0.05, 0) is 103 Å². The van der Waals surface area contributed by atoms with Gasteiger partial charge in [0.2, 0.25) is 5.91 Å². The Morgan fingerprint density at radius 3 is 1.16 bits per heavy atom. The van der Waals surface area contributed by atoms with E-state index in [0.717, 1.165) is 109 Å². The summed E-state index contributed by atoms with van der Waals surface area (Å²) in [6.07, 6.45) is 87.9. The molecule has 8 nitrogen and oxygen atoms in total. The number of allylic oxidation sites excluding steroid dienone is 23. The minimum Gasteiger partial charge on any atom is -0.756 e. The number of hydrogen-bond donors (Lipinski definition) is 2. The van der Waals surface area contributed by atoms with E-state index in [-0.39, 0.29) is 12.5 Å². The first-order valence-corrected chi connectivity index (χ1v) is 32.2. The molecule has 3 atom stereocenters. The lowest BCUT2D eigenvalue weighted by Crippen LogP contribution is -2.45. The third kappa shape index (κ3) is 59.9.